The van der Waals surface area contributed by atoms with Crippen molar-refractivity contribution in [1.29, 1.82) is 0 Å². The molecule has 6 N–H and O–H groups in total. The molecular formula is C20H25N7O13P2. The Morgan fingerprint density at radius 3 is 2.57 bits per heavy atom. The summed E-state index contributed by atoms with van der Waals surface area (Å²) < 4.78 is 63.5. The Labute approximate surface area is 233 Å². The van der Waals surface area contributed by atoms with Gasteiger partial charge >= 0.3 is 21.4 Å². The molecule has 2 aliphatic rings. The highest BCUT2D eigenvalue weighted by atomic mass is 31.2. The van der Waals surface area contributed by atoms with Gasteiger partial charge in [0.2, 0.25) is 5.95 Å². The summed E-state index contributed by atoms with van der Waals surface area (Å²) in [6.45, 7) is 0.224. The number of nitrogens with zero attached hydrogens (tertiary/aromatic N) is 4. The predicted molar refractivity (Wildman–Crippen MR) is 137 cm³/mol. The molecule has 0 saturated carbocycles. The Hall–Kier alpha value is -3.32. The number of hydrogen-bond acceptors (Lipinski definition) is 15. The zero-order valence-corrected chi connectivity index (χ0v) is 23.4. The maximum atomic E-state index is 12.9. The second-order valence-electron chi connectivity index (χ2n) is 9.48. The summed E-state index contributed by atoms with van der Waals surface area (Å²) in [5, 5.41) is 10.5. The van der Waals surface area contributed by atoms with Gasteiger partial charge in [-0.2, -0.15) is 4.98 Å². The third-order valence-electron chi connectivity index (χ3n) is 6.62. The molecule has 3 aromatic rings. The Morgan fingerprint density at radius 2 is 1.83 bits per heavy atom. The highest BCUT2D eigenvalue weighted by molar-refractivity contribution is 7.47. The largest absolute Gasteiger partial charge is 0.472 e. The zero-order valence-electron chi connectivity index (χ0n) is 21.6. The van der Waals surface area contributed by atoms with E-state index < -0.39 is 82.6 Å². The number of aliphatic hydroxyl groups excluding tert-OH is 1. The highest BCUT2D eigenvalue weighted by Crippen LogP contribution is 2.49. The van der Waals surface area contributed by atoms with Gasteiger partial charge in [-0.05, 0) is 6.92 Å². The van der Waals surface area contributed by atoms with Gasteiger partial charge in [0.25, 0.3) is 11.1 Å². The van der Waals surface area contributed by atoms with Crippen molar-refractivity contribution in [2.45, 2.75) is 56.6 Å². The molecule has 3 aromatic heterocycles. The lowest BCUT2D eigenvalue weighted by Crippen LogP contribution is -2.33. The summed E-state index contributed by atoms with van der Waals surface area (Å²) in [5.74, 6) is -0.157. The number of aromatic amines is 2. The minimum Gasteiger partial charge on any atom is -0.390 e. The number of phosphoric ester groups is 1. The minimum absolute atomic E-state index is 0.00771. The molecule has 0 spiro atoms. The van der Waals surface area contributed by atoms with Gasteiger partial charge in [0.05, 0.1) is 25.6 Å². The fourth-order valence-corrected chi connectivity index (χ4v) is 5.85. The smallest absolute Gasteiger partial charge is 0.390 e. The highest BCUT2D eigenvalue weighted by Gasteiger charge is 2.44. The van der Waals surface area contributed by atoms with Crippen LogP contribution >= 0.6 is 15.7 Å². The van der Waals surface area contributed by atoms with Crippen LogP contribution in [0.25, 0.3) is 11.2 Å². The topological polar surface area (TPSA) is 282 Å². The van der Waals surface area contributed by atoms with Crippen molar-refractivity contribution >= 4 is 32.8 Å². The van der Waals surface area contributed by atoms with Gasteiger partial charge < -0.3 is 25.2 Å². The van der Waals surface area contributed by atoms with Crippen molar-refractivity contribution in [3.63, 3.8) is 0 Å². The van der Waals surface area contributed by atoms with Crippen molar-refractivity contribution in [2.24, 2.45) is 0 Å². The van der Waals surface area contributed by atoms with Crippen LogP contribution in [-0.2, 0) is 36.7 Å². The van der Waals surface area contributed by atoms with E-state index in [0.717, 1.165) is 4.57 Å². The quantitative estimate of drug-likeness (QED) is 0.169. The van der Waals surface area contributed by atoms with Crippen LogP contribution in [0.4, 0.5) is 5.95 Å². The van der Waals surface area contributed by atoms with Crippen LogP contribution in [0.15, 0.2) is 26.9 Å². The Bertz CT molecular complexity index is 1770. The summed E-state index contributed by atoms with van der Waals surface area (Å²) >= 11 is 0. The lowest BCUT2D eigenvalue weighted by molar-refractivity contribution is -0.0539. The molecule has 2 aliphatic heterocycles. The Morgan fingerprint density at radius 1 is 1.12 bits per heavy atom. The lowest BCUT2D eigenvalue weighted by atomic mass is 10.2. The maximum absolute atomic E-state index is 12.9. The van der Waals surface area contributed by atoms with Crippen molar-refractivity contribution in [3.8, 4) is 0 Å². The molecule has 0 bridgehead atoms. The summed E-state index contributed by atoms with van der Waals surface area (Å²) in [5.41, 5.74) is 3.86. The molecule has 2 fully saturated rings. The van der Waals surface area contributed by atoms with E-state index in [4.69, 9.17) is 24.3 Å². The number of aromatic nitrogens is 6. The normalized spacial score (nSPS) is 27.4. The number of aryl methyl sites for hydroxylation is 1. The minimum atomic E-state index is -4.90. The average Bonchev–Trinajstić information content (AvgIpc) is 3.60. The SMILES string of the molecule is Cc1cn([C@H]2C[C@H](OP(=O)(O)OC[C@H]3O[C@@H](n4cnc5c(=O)[nH]c(N)nc54)C[C@@H]3O)[C@@H](COP(=O)=O)O2)c(=O)[nH]c1=O. The monoisotopic (exact) mass is 633 g/mol. The van der Waals surface area contributed by atoms with E-state index in [2.05, 4.69) is 24.5 Å². The van der Waals surface area contributed by atoms with Crippen LogP contribution in [0.2, 0.25) is 0 Å². The molecule has 42 heavy (non-hydrogen) atoms. The lowest BCUT2D eigenvalue weighted by Gasteiger charge is -2.22. The number of nitrogen functional groups attached to an aromatic ring is 1. The number of nitrogens with two attached hydrogens (primary N) is 1. The first kappa shape index (κ1) is 30.1. The second-order valence-corrected chi connectivity index (χ2v) is 11.6. The third kappa shape index (κ3) is 6.36. The number of aliphatic hydroxyl groups is 1. The van der Waals surface area contributed by atoms with Crippen molar-refractivity contribution in [2.75, 3.05) is 18.9 Å². The molecule has 1 unspecified atom stereocenters. The molecule has 7 atom stereocenters. The molecule has 0 radical (unpaired) electrons. The second kappa shape index (κ2) is 11.8. The van der Waals surface area contributed by atoms with Crippen LogP contribution in [0, 0.1) is 6.92 Å². The molecular weight excluding hydrogens is 608 g/mol. The number of nitrogens with one attached hydrogen (secondary N) is 2. The molecule has 5 heterocycles. The van der Waals surface area contributed by atoms with Gasteiger partial charge in [-0.15, -0.1) is 0 Å². The number of ether oxygens (including phenoxy) is 2. The van der Waals surface area contributed by atoms with Crippen molar-refractivity contribution in [1.82, 2.24) is 29.1 Å². The summed E-state index contributed by atoms with van der Waals surface area (Å²) in [7, 11) is -8.20. The predicted octanol–water partition coefficient (Wildman–Crippen LogP) is -0.897. The van der Waals surface area contributed by atoms with E-state index in [0.29, 0.717) is 0 Å². The summed E-state index contributed by atoms with van der Waals surface area (Å²) in [6, 6.07) is 0. The van der Waals surface area contributed by atoms with Crippen LogP contribution in [-0.4, -0.2) is 76.7 Å². The molecule has 0 aliphatic carbocycles. The molecule has 0 aromatic carbocycles. The molecule has 20 nitrogen and oxygen atoms in total. The molecule has 0 amide bonds. The molecule has 22 heteroatoms. The molecule has 228 valence electrons. The van der Waals surface area contributed by atoms with E-state index in [1.807, 2.05) is 0 Å². The Kier molecular flexibility index (Phi) is 8.44. The van der Waals surface area contributed by atoms with Crippen molar-refractivity contribution < 1.29 is 46.7 Å². The number of H-pyrrole nitrogens is 2. The summed E-state index contributed by atoms with van der Waals surface area (Å²) in [6.07, 6.45) is -4.55. The van der Waals surface area contributed by atoms with E-state index in [-0.39, 0.29) is 35.5 Å². The number of rotatable bonds is 10. The number of hydrogen-bond donors (Lipinski definition) is 5. The van der Waals surface area contributed by atoms with E-state index in [1.54, 1.807) is 0 Å². The first-order valence-electron chi connectivity index (χ1n) is 12.3. The number of phosphoric acid groups is 1. The van der Waals surface area contributed by atoms with E-state index in [1.165, 1.54) is 24.0 Å². The first-order valence-corrected chi connectivity index (χ1v) is 14.9. The van der Waals surface area contributed by atoms with Crippen LogP contribution in [0.3, 0.4) is 0 Å². The standard InChI is InChI=1S/C20H25N7O13P2/c1-8-4-26(20(31)25-17(8)29)14-3-10(12(39-14)5-36-41(32)33)40-42(34,35)37-6-11-9(28)2-13(38-11)27-7-22-15-16(27)23-19(21)24-18(15)30/h4,7,9-14,28H,2-3,5-6H2,1H3,(H,34,35)(H,25,29,31)(H3,21,23,24,30)/t9-,10-,11+,12+,13+,14+/m0/s1. The molecule has 2 saturated heterocycles. The third-order valence-corrected chi connectivity index (χ3v) is 7.99. The number of anilines is 1. The fourth-order valence-electron chi connectivity index (χ4n) is 4.63. The van der Waals surface area contributed by atoms with Gasteiger partial charge in [-0.25, -0.2) is 23.5 Å². The first-order chi connectivity index (χ1) is 19.8. The Balaban J connectivity index is 1.26. The molecule has 5 rings (SSSR count). The van der Waals surface area contributed by atoms with Crippen LogP contribution < -0.4 is 22.5 Å². The van der Waals surface area contributed by atoms with Gasteiger partial charge in [0.15, 0.2) is 11.2 Å². The van der Waals surface area contributed by atoms with Gasteiger partial charge in [-0.3, -0.25) is 42.3 Å². The summed E-state index contributed by atoms with van der Waals surface area (Å²) in [4.78, 5) is 58.9. The van der Waals surface area contributed by atoms with Gasteiger partial charge in [0, 0.05) is 24.6 Å². The number of imidazole rings is 1. The van der Waals surface area contributed by atoms with Crippen LogP contribution in [0.1, 0.15) is 30.9 Å². The maximum Gasteiger partial charge on any atom is 0.472 e. The van der Waals surface area contributed by atoms with E-state index in [9.17, 15) is 38.1 Å². The number of fused-ring (bicyclic) bond motifs is 1. The fraction of sp³-hybridized carbons (Fsp3) is 0.550. The van der Waals surface area contributed by atoms with Crippen LogP contribution in [0.5, 0.6) is 0 Å². The van der Waals surface area contributed by atoms with E-state index >= 15 is 0 Å². The van der Waals surface area contributed by atoms with Crippen molar-refractivity contribution in [3.05, 3.63) is 49.3 Å². The van der Waals surface area contributed by atoms with Gasteiger partial charge in [0.1, 0.15) is 30.8 Å². The zero-order chi connectivity index (χ0) is 30.3. The van der Waals surface area contributed by atoms with Gasteiger partial charge in [-0.1, -0.05) is 0 Å². The average molecular weight is 633 g/mol.